The van der Waals surface area contributed by atoms with Crippen molar-refractivity contribution < 1.29 is 9.21 Å². The molecular formula is C19H16N6O2. The minimum atomic E-state index is -0.280. The molecule has 134 valence electrons. The van der Waals surface area contributed by atoms with Crippen molar-refractivity contribution in [2.45, 2.75) is 13.3 Å². The van der Waals surface area contributed by atoms with Crippen LogP contribution in [0.5, 0.6) is 0 Å². The van der Waals surface area contributed by atoms with E-state index in [-0.39, 0.29) is 18.3 Å². The summed E-state index contributed by atoms with van der Waals surface area (Å²) in [6.07, 6.45) is 1.73. The number of aryl methyl sites for hydroxylation is 1. The Hall–Kier alpha value is -3.81. The van der Waals surface area contributed by atoms with Gasteiger partial charge in [0, 0.05) is 11.8 Å². The molecule has 4 aromatic rings. The van der Waals surface area contributed by atoms with E-state index >= 15 is 0 Å². The van der Waals surface area contributed by atoms with Crippen LogP contribution in [0.25, 0.3) is 23.0 Å². The molecule has 3 aromatic heterocycles. The highest BCUT2D eigenvalue weighted by Gasteiger charge is 2.16. The third-order valence-corrected chi connectivity index (χ3v) is 3.89. The Bertz CT molecular complexity index is 1060. The highest BCUT2D eigenvalue weighted by atomic mass is 16.4. The average molecular weight is 360 g/mol. The molecule has 8 nitrogen and oxygen atoms in total. The molecule has 1 amide bonds. The molecule has 0 aliphatic heterocycles. The van der Waals surface area contributed by atoms with Crippen LogP contribution in [0.2, 0.25) is 0 Å². The SMILES string of the molecule is Cc1oc(-c2ccccc2)nc1CC(=O)Nc1n[nH]c(-c2ccccn2)n1. The van der Waals surface area contributed by atoms with Crippen LogP contribution in [0, 0.1) is 6.92 Å². The minimum Gasteiger partial charge on any atom is -0.441 e. The quantitative estimate of drug-likeness (QED) is 0.566. The number of benzene rings is 1. The monoisotopic (exact) mass is 360 g/mol. The van der Waals surface area contributed by atoms with E-state index in [1.54, 1.807) is 19.2 Å². The molecule has 0 atom stereocenters. The van der Waals surface area contributed by atoms with Gasteiger partial charge in [0.15, 0.2) is 5.82 Å². The summed E-state index contributed by atoms with van der Waals surface area (Å²) in [6.45, 7) is 1.79. The molecule has 0 fully saturated rings. The van der Waals surface area contributed by atoms with Gasteiger partial charge >= 0.3 is 0 Å². The summed E-state index contributed by atoms with van der Waals surface area (Å²) in [5, 5.41) is 9.41. The molecule has 1 aromatic carbocycles. The van der Waals surface area contributed by atoms with Gasteiger partial charge in [-0.25, -0.2) is 4.98 Å². The standard InChI is InChI=1S/C19H16N6O2/c1-12-15(21-18(27-12)13-7-3-2-4-8-13)11-16(26)22-19-23-17(24-25-19)14-9-5-6-10-20-14/h2-10H,11H2,1H3,(H2,22,23,24,25,26). The van der Waals surface area contributed by atoms with Crippen LogP contribution in [-0.4, -0.2) is 31.1 Å². The summed E-state index contributed by atoms with van der Waals surface area (Å²) >= 11 is 0. The predicted octanol–water partition coefficient (Wildman–Crippen LogP) is 3.01. The summed E-state index contributed by atoms with van der Waals surface area (Å²) in [5.74, 6) is 1.48. The van der Waals surface area contributed by atoms with Crippen molar-refractivity contribution in [1.29, 1.82) is 0 Å². The number of anilines is 1. The summed E-state index contributed by atoms with van der Waals surface area (Å²) in [7, 11) is 0. The first-order valence-electron chi connectivity index (χ1n) is 8.34. The number of nitrogens with zero attached hydrogens (tertiary/aromatic N) is 4. The van der Waals surface area contributed by atoms with E-state index < -0.39 is 0 Å². The molecule has 0 saturated carbocycles. The zero-order valence-electron chi connectivity index (χ0n) is 14.5. The average Bonchev–Trinajstić information content (AvgIpc) is 3.30. The Morgan fingerprint density at radius 1 is 1.11 bits per heavy atom. The van der Waals surface area contributed by atoms with Crippen LogP contribution in [-0.2, 0) is 11.2 Å². The summed E-state index contributed by atoms with van der Waals surface area (Å²) in [4.78, 5) is 25.2. The fourth-order valence-electron chi connectivity index (χ4n) is 2.55. The van der Waals surface area contributed by atoms with Crippen LogP contribution in [0.1, 0.15) is 11.5 Å². The van der Waals surface area contributed by atoms with Gasteiger partial charge in [0.05, 0.1) is 12.1 Å². The lowest BCUT2D eigenvalue weighted by molar-refractivity contribution is -0.115. The molecule has 0 spiro atoms. The number of rotatable bonds is 5. The lowest BCUT2D eigenvalue weighted by Gasteiger charge is -1.98. The van der Waals surface area contributed by atoms with Gasteiger partial charge in [-0.2, -0.15) is 4.98 Å². The van der Waals surface area contributed by atoms with Gasteiger partial charge in [0.2, 0.25) is 17.7 Å². The van der Waals surface area contributed by atoms with Crippen molar-refractivity contribution >= 4 is 11.9 Å². The first-order chi connectivity index (χ1) is 13.2. The predicted molar refractivity (Wildman–Crippen MR) is 98.6 cm³/mol. The second-order valence-corrected chi connectivity index (χ2v) is 5.84. The lowest BCUT2D eigenvalue weighted by Crippen LogP contribution is -2.16. The normalized spacial score (nSPS) is 10.7. The summed E-state index contributed by atoms with van der Waals surface area (Å²) in [5.41, 5.74) is 2.08. The molecule has 0 bridgehead atoms. The van der Waals surface area contributed by atoms with Crippen LogP contribution < -0.4 is 5.32 Å². The van der Waals surface area contributed by atoms with Gasteiger partial charge in [-0.05, 0) is 31.2 Å². The minimum absolute atomic E-state index is 0.0651. The van der Waals surface area contributed by atoms with Crippen molar-refractivity contribution in [1.82, 2.24) is 25.1 Å². The molecule has 8 heteroatoms. The Morgan fingerprint density at radius 3 is 2.70 bits per heavy atom. The fourth-order valence-corrected chi connectivity index (χ4v) is 2.55. The first-order valence-corrected chi connectivity index (χ1v) is 8.34. The van der Waals surface area contributed by atoms with E-state index in [1.165, 1.54) is 0 Å². The van der Waals surface area contributed by atoms with E-state index in [0.717, 1.165) is 5.56 Å². The topological polar surface area (TPSA) is 110 Å². The number of oxazole rings is 1. The Balaban J connectivity index is 1.44. The van der Waals surface area contributed by atoms with Crippen LogP contribution in [0.4, 0.5) is 5.95 Å². The number of nitrogens with one attached hydrogen (secondary N) is 2. The van der Waals surface area contributed by atoms with E-state index in [2.05, 4.69) is 30.5 Å². The van der Waals surface area contributed by atoms with Gasteiger partial charge < -0.3 is 4.42 Å². The van der Waals surface area contributed by atoms with Crippen molar-refractivity contribution in [2.24, 2.45) is 0 Å². The van der Waals surface area contributed by atoms with E-state index in [0.29, 0.717) is 28.9 Å². The molecule has 0 aliphatic carbocycles. The number of hydrogen-bond acceptors (Lipinski definition) is 6. The fraction of sp³-hybridized carbons (Fsp3) is 0.105. The van der Waals surface area contributed by atoms with Crippen LogP contribution in [0.3, 0.4) is 0 Å². The number of amides is 1. The van der Waals surface area contributed by atoms with Gasteiger partial charge in [0.25, 0.3) is 0 Å². The number of carbonyl (C=O) groups is 1. The third kappa shape index (κ3) is 3.74. The Labute approximate surface area is 154 Å². The number of aromatic amines is 1. The maximum absolute atomic E-state index is 12.3. The highest BCUT2D eigenvalue weighted by Crippen LogP contribution is 2.22. The van der Waals surface area contributed by atoms with Gasteiger partial charge in [-0.3, -0.25) is 20.2 Å². The number of carbonyl (C=O) groups excluding carboxylic acids is 1. The first kappa shape index (κ1) is 16.6. The number of aromatic nitrogens is 5. The maximum atomic E-state index is 12.3. The van der Waals surface area contributed by atoms with E-state index in [1.807, 2.05) is 42.5 Å². The molecule has 0 radical (unpaired) electrons. The van der Waals surface area contributed by atoms with Crippen molar-refractivity contribution in [2.75, 3.05) is 5.32 Å². The molecule has 3 heterocycles. The van der Waals surface area contributed by atoms with Crippen molar-refractivity contribution in [3.63, 3.8) is 0 Å². The Kier molecular flexibility index (Phi) is 4.44. The molecule has 0 saturated heterocycles. The van der Waals surface area contributed by atoms with Crippen molar-refractivity contribution in [3.8, 4) is 23.0 Å². The van der Waals surface area contributed by atoms with Crippen LogP contribution in [0.15, 0.2) is 59.1 Å². The van der Waals surface area contributed by atoms with E-state index in [9.17, 15) is 4.79 Å². The molecule has 0 aliphatic rings. The largest absolute Gasteiger partial charge is 0.441 e. The number of H-pyrrole nitrogens is 1. The molecule has 27 heavy (non-hydrogen) atoms. The van der Waals surface area contributed by atoms with Gasteiger partial charge in [-0.1, -0.05) is 24.3 Å². The van der Waals surface area contributed by atoms with E-state index in [4.69, 9.17) is 4.42 Å². The zero-order chi connectivity index (χ0) is 18.6. The Morgan fingerprint density at radius 2 is 1.93 bits per heavy atom. The smallest absolute Gasteiger partial charge is 0.249 e. The highest BCUT2D eigenvalue weighted by molar-refractivity contribution is 5.90. The molecule has 4 rings (SSSR count). The molecular weight excluding hydrogens is 344 g/mol. The third-order valence-electron chi connectivity index (χ3n) is 3.89. The zero-order valence-corrected chi connectivity index (χ0v) is 14.5. The second kappa shape index (κ2) is 7.20. The van der Waals surface area contributed by atoms with Gasteiger partial charge in [0.1, 0.15) is 11.5 Å². The number of pyridine rings is 1. The number of hydrogen-bond donors (Lipinski definition) is 2. The molecule has 0 unspecified atom stereocenters. The summed E-state index contributed by atoms with van der Waals surface area (Å²) < 4.78 is 5.68. The lowest BCUT2D eigenvalue weighted by atomic mass is 10.2. The maximum Gasteiger partial charge on any atom is 0.249 e. The van der Waals surface area contributed by atoms with Crippen LogP contribution >= 0.6 is 0 Å². The molecule has 2 N–H and O–H groups in total. The second-order valence-electron chi connectivity index (χ2n) is 5.84. The van der Waals surface area contributed by atoms with Gasteiger partial charge in [-0.15, -0.1) is 5.10 Å². The summed E-state index contributed by atoms with van der Waals surface area (Å²) in [6, 6.07) is 15.0. The van der Waals surface area contributed by atoms with Crippen molar-refractivity contribution in [3.05, 3.63) is 66.2 Å².